The second-order valence-electron chi connectivity index (χ2n) is 4.72. The Kier molecular flexibility index (Phi) is 6.38. The van der Waals surface area contributed by atoms with E-state index in [2.05, 4.69) is 10.6 Å². The molecule has 2 amide bonds. The predicted octanol–water partition coefficient (Wildman–Crippen LogP) is 2.89. The first-order valence-electron chi connectivity index (χ1n) is 6.36. The maximum absolute atomic E-state index is 11.8. The lowest BCUT2D eigenvalue weighted by Gasteiger charge is -2.17. The molecule has 1 atom stereocenters. The van der Waals surface area contributed by atoms with Crippen molar-refractivity contribution in [3.05, 3.63) is 24.3 Å². The third-order valence-electron chi connectivity index (χ3n) is 2.96. The number of carboxylic acids is 1. The number of para-hydroxylation sites is 1. The number of nitrogens with one attached hydrogen (secondary N) is 2. The van der Waals surface area contributed by atoms with Crippen molar-refractivity contribution in [1.82, 2.24) is 5.32 Å². The molecule has 0 aliphatic heterocycles. The molecule has 0 aliphatic rings. The molecule has 0 spiro atoms. The highest BCUT2D eigenvalue weighted by molar-refractivity contribution is 7.98. The Balaban J connectivity index is 2.57. The summed E-state index contributed by atoms with van der Waals surface area (Å²) in [6.45, 7) is 3.75. The fraction of sp³-hybridized carbons (Fsp3) is 0.429. The molecule has 0 heterocycles. The fourth-order valence-corrected chi connectivity index (χ4v) is 2.28. The molecule has 20 heavy (non-hydrogen) atoms. The van der Waals surface area contributed by atoms with Gasteiger partial charge in [0.05, 0.1) is 11.6 Å². The van der Waals surface area contributed by atoms with Gasteiger partial charge in [-0.1, -0.05) is 26.0 Å². The van der Waals surface area contributed by atoms with Gasteiger partial charge in [-0.2, -0.15) is 0 Å². The number of urea groups is 1. The first kappa shape index (κ1) is 16.4. The molecule has 1 aromatic carbocycles. The molecule has 110 valence electrons. The van der Waals surface area contributed by atoms with Crippen LogP contribution >= 0.6 is 11.8 Å². The van der Waals surface area contributed by atoms with Crippen LogP contribution in [0.25, 0.3) is 0 Å². The lowest BCUT2D eigenvalue weighted by Crippen LogP contribution is -2.37. The van der Waals surface area contributed by atoms with Crippen LogP contribution in [0.2, 0.25) is 0 Å². The van der Waals surface area contributed by atoms with Crippen molar-refractivity contribution in [2.75, 3.05) is 18.1 Å². The Labute approximate surface area is 123 Å². The highest BCUT2D eigenvalue weighted by Crippen LogP contribution is 2.24. The Bertz CT molecular complexity index is 477. The Hall–Kier alpha value is -1.69. The van der Waals surface area contributed by atoms with Crippen LogP contribution in [0.15, 0.2) is 29.2 Å². The number of carbonyl (C=O) groups excluding carboxylic acids is 1. The van der Waals surface area contributed by atoms with E-state index in [0.29, 0.717) is 5.69 Å². The molecule has 0 radical (unpaired) electrons. The maximum Gasteiger partial charge on any atom is 0.319 e. The minimum atomic E-state index is -0.898. The molecule has 3 N–H and O–H groups in total. The summed E-state index contributed by atoms with van der Waals surface area (Å²) in [4.78, 5) is 23.8. The smallest absolute Gasteiger partial charge is 0.319 e. The largest absolute Gasteiger partial charge is 0.481 e. The van der Waals surface area contributed by atoms with Gasteiger partial charge in [0.15, 0.2) is 0 Å². The number of rotatable bonds is 6. The topological polar surface area (TPSA) is 78.4 Å². The zero-order valence-corrected chi connectivity index (χ0v) is 12.7. The van der Waals surface area contributed by atoms with E-state index in [0.717, 1.165) is 4.90 Å². The van der Waals surface area contributed by atoms with Crippen molar-refractivity contribution in [1.29, 1.82) is 0 Å². The number of anilines is 1. The van der Waals surface area contributed by atoms with Crippen LogP contribution in [0.4, 0.5) is 10.5 Å². The van der Waals surface area contributed by atoms with Crippen molar-refractivity contribution in [3.63, 3.8) is 0 Å². The van der Waals surface area contributed by atoms with Crippen molar-refractivity contribution in [2.45, 2.75) is 18.7 Å². The summed E-state index contributed by atoms with van der Waals surface area (Å²) in [6.07, 6.45) is 1.93. The van der Waals surface area contributed by atoms with E-state index in [9.17, 15) is 9.59 Å². The molecule has 0 saturated heterocycles. The van der Waals surface area contributed by atoms with Gasteiger partial charge in [0.2, 0.25) is 0 Å². The van der Waals surface area contributed by atoms with E-state index < -0.39 is 17.9 Å². The standard InChI is InChI=1S/C14H20N2O3S/c1-9(2)10(13(17)18)8-15-14(19)16-11-6-4-5-7-12(11)20-3/h4-7,9-10H,8H2,1-3H3,(H,17,18)(H2,15,16,19). The first-order chi connectivity index (χ1) is 9.45. The highest BCUT2D eigenvalue weighted by Gasteiger charge is 2.22. The van der Waals surface area contributed by atoms with Gasteiger partial charge in [-0.15, -0.1) is 11.8 Å². The number of carbonyl (C=O) groups is 2. The number of aliphatic carboxylic acids is 1. The van der Waals surface area contributed by atoms with Crippen molar-refractivity contribution >= 4 is 29.4 Å². The van der Waals surface area contributed by atoms with E-state index in [1.165, 1.54) is 11.8 Å². The van der Waals surface area contributed by atoms with E-state index in [1.54, 1.807) is 0 Å². The van der Waals surface area contributed by atoms with Gasteiger partial charge in [0.25, 0.3) is 0 Å². The van der Waals surface area contributed by atoms with E-state index >= 15 is 0 Å². The van der Waals surface area contributed by atoms with Crippen LogP contribution in [0.3, 0.4) is 0 Å². The van der Waals surface area contributed by atoms with Crippen LogP contribution in [0.1, 0.15) is 13.8 Å². The summed E-state index contributed by atoms with van der Waals surface area (Å²) in [5.41, 5.74) is 0.717. The number of hydrogen-bond acceptors (Lipinski definition) is 3. The molecule has 0 aliphatic carbocycles. The molecule has 0 aromatic heterocycles. The Morgan fingerprint density at radius 3 is 2.50 bits per heavy atom. The minimum Gasteiger partial charge on any atom is -0.481 e. The number of carboxylic acid groups (broad SMARTS) is 1. The summed E-state index contributed by atoms with van der Waals surface area (Å²) < 4.78 is 0. The van der Waals surface area contributed by atoms with Gasteiger partial charge in [-0.05, 0) is 24.3 Å². The van der Waals surface area contributed by atoms with E-state index in [1.807, 2.05) is 44.4 Å². The van der Waals surface area contributed by atoms with Gasteiger partial charge in [0.1, 0.15) is 0 Å². The van der Waals surface area contributed by atoms with Crippen LogP contribution < -0.4 is 10.6 Å². The highest BCUT2D eigenvalue weighted by atomic mass is 32.2. The van der Waals surface area contributed by atoms with Gasteiger partial charge < -0.3 is 15.7 Å². The maximum atomic E-state index is 11.8. The second-order valence-corrected chi connectivity index (χ2v) is 5.57. The van der Waals surface area contributed by atoms with Crippen LogP contribution in [0, 0.1) is 11.8 Å². The quantitative estimate of drug-likeness (QED) is 0.705. The van der Waals surface area contributed by atoms with Crippen LogP contribution in [-0.4, -0.2) is 29.9 Å². The van der Waals surface area contributed by atoms with E-state index in [-0.39, 0.29) is 12.5 Å². The molecule has 0 bridgehead atoms. The summed E-state index contributed by atoms with van der Waals surface area (Å²) in [5, 5.41) is 14.4. The SMILES string of the molecule is CSc1ccccc1NC(=O)NCC(C(=O)O)C(C)C. The Morgan fingerprint density at radius 1 is 1.30 bits per heavy atom. The van der Waals surface area contributed by atoms with Crippen LogP contribution in [0.5, 0.6) is 0 Å². The number of thioether (sulfide) groups is 1. The molecule has 1 unspecified atom stereocenters. The average Bonchev–Trinajstić information content (AvgIpc) is 2.38. The fourth-order valence-electron chi connectivity index (χ4n) is 1.73. The third-order valence-corrected chi connectivity index (χ3v) is 3.76. The van der Waals surface area contributed by atoms with Crippen molar-refractivity contribution in [2.24, 2.45) is 11.8 Å². The summed E-state index contributed by atoms with van der Waals surface area (Å²) >= 11 is 1.53. The zero-order chi connectivity index (χ0) is 15.1. The molecule has 0 fully saturated rings. The van der Waals surface area contributed by atoms with Gasteiger partial charge >= 0.3 is 12.0 Å². The minimum absolute atomic E-state index is 0.0358. The number of benzene rings is 1. The summed E-state index contributed by atoms with van der Waals surface area (Å²) in [7, 11) is 0. The number of hydrogen-bond donors (Lipinski definition) is 3. The van der Waals surface area contributed by atoms with Crippen LogP contribution in [-0.2, 0) is 4.79 Å². The molecule has 1 aromatic rings. The second kappa shape index (κ2) is 7.79. The number of amides is 2. The molecule has 1 rings (SSSR count). The van der Waals surface area contributed by atoms with Crippen molar-refractivity contribution < 1.29 is 14.7 Å². The first-order valence-corrected chi connectivity index (χ1v) is 7.58. The molecule has 5 nitrogen and oxygen atoms in total. The summed E-state index contributed by atoms with van der Waals surface area (Å²) in [5.74, 6) is -1.52. The lowest BCUT2D eigenvalue weighted by atomic mass is 9.96. The predicted molar refractivity (Wildman–Crippen MR) is 81.2 cm³/mol. The molecule has 6 heteroatoms. The average molecular weight is 296 g/mol. The lowest BCUT2D eigenvalue weighted by molar-refractivity contribution is -0.142. The van der Waals surface area contributed by atoms with Gasteiger partial charge in [-0.3, -0.25) is 4.79 Å². The molecular weight excluding hydrogens is 276 g/mol. The normalized spacial score (nSPS) is 12.0. The third kappa shape index (κ3) is 4.77. The summed E-state index contributed by atoms with van der Waals surface area (Å²) in [6, 6.07) is 7.06. The molecular formula is C14H20N2O3S. The molecule has 0 saturated carbocycles. The zero-order valence-electron chi connectivity index (χ0n) is 11.8. The van der Waals surface area contributed by atoms with E-state index in [4.69, 9.17) is 5.11 Å². The Morgan fingerprint density at radius 2 is 1.95 bits per heavy atom. The van der Waals surface area contributed by atoms with Crippen molar-refractivity contribution in [3.8, 4) is 0 Å². The van der Waals surface area contributed by atoms with Gasteiger partial charge in [-0.25, -0.2) is 4.79 Å². The monoisotopic (exact) mass is 296 g/mol. The van der Waals surface area contributed by atoms with Gasteiger partial charge in [0, 0.05) is 11.4 Å².